The molecule has 166 valence electrons. The van der Waals surface area contributed by atoms with Gasteiger partial charge in [0.2, 0.25) is 0 Å². The van der Waals surface area contributed by atoms with Gasteiger partial charge in [0.25, 0.3) is 11.6 Å². The number of hydrogen-bond donors (Lipinski definition) is 0. The molecule has 1 aliphatic rings. The third kappa shape index (κ3) is 5.49. The Bertz CT molecular complexity index is 1160. The van der Waals surface area contributed by atoms with Crippen LogP contribution < -0.4 is 4.90 Å². The predicted molar refractivity (Wildman–Crippen MR) is 126 cm³/mol. The fourth-order valence-electron chi connectivity index (χ4n) is 3.37. The number of non-ortho nitro benzene ring substituents is 1. The van der Waals surface area contributed by atoms with Crippen LogP contribution in [0.1, 0.15) is 5.56 Å². The molecule has 10 heteroatoms. The number of morpholine rings is 1. The molecule has 1 amide bonds. The first kappa shape index (κ1) is 22.3. The number of aromatic nitrogens is 1. The molecule has 8 nitrogen and oxygen atoms in total. The second-order valence-electron chi connectivity index (χ2n) is 7.24. The molecule has 4 rings (SSSR count). The molecule has 0 radical (unpaired) electrons. The van der Waals surface area contributed by atoms with Crippen LogP contribution in [0.25, 0.3) is 16.3 Å². The van der Waals surface area contributed by atoms with Crippen molar-refractivity contribution < 1.29 is 14.5 Å². The largest absolute Gasteiger partial charge is 0.379 e. The molecule has 0 N–H and O–H groups in total. The number of carbonyl (C=O) groups is 1. The predicted octanol–water partition coefficient (Wildman–Crippen LogP) is 4.24. The van der Waals surface area contributed by atoms with E-state index in [9.17, 15) is 14.9 Å². The van der Waals surface area contributed by atoms with E-state index in [1.807, 2.05) is 12.1 Å². The number of nitro groups is 1. The van der Waals surface area contributed by atoms with E-state index in [1.54, 1.807) is 29.2 Å². The number of anilines is 1. The highest BCUT2D eigenvalue weighted by Crippen LogP contribution is 2.31. The molecule has 0 unspecified atom stereocenters. The zero-order valence-corrected chi connectivity index (χ0v) is 18.7. The summed E-state index contributed by atoms with van der Waals surface area (Å²) in [5, 5.41) is 12.2. The van der Waals surface area contributed by atoms with Gasteiger partial charge in [-0.05, 0) is 29.8 Å². The van der Waals surface area contributed by atoms with Crippen molar-refractivity contribution in [3.05, 3.63) is 69.2 Å². The lowest BCUT2D eigenvalue weighted by atomic mass is 10.2. The monoisotopic (exact) mass is 472 g/mol. The second-order valence-corrected chi connectivity index (χ2v) is 8.68. The Morgan fingerprint density at radius 2 is 2.09 bits per heavy atom. The molecule has 0 atom stereocenters. The standard InChI is InChI=1S/C22H21ClN4O4S/c23-17-5-6-19-20(15-17)32-22(24-19)26(9-8-25-10-12-31-13-11-25)21(28)7-4-16-2-1-3-18(14-16)27(29)30/h1-7,14-15H,8-13H2/b7-4+. The van der Waals surface area contributed by atoms with Crippen molar-refractivity contribution in [2.45, 2.75) is 0 Å². The zero-order valence-electron chi connectivity index (χ0n) is 17.1. The van der Waals surface area contributed by atoms with Gasteiger partial charge in [-0.2, -0.15) is 0 Å². The van der Waals surface area contributed by atoms with Gasteiger partial charge < -0.3 is 4.74 Å². The number of thiazole rings is 1. The van der Waals surface area contributed by atoms with E-state index in [4.69, 9.17) is 16.3 Å². The molecule has 0 spiro atoms. The normalized spacial score (nSPS) is 14.8. The summed E-state index contributed by atoms with van der Waals surface area (Å²) in [6.07, 6.45) is 3.01. The number of hydrogen-bond acceptors (Lipinski definition) is 7. The maximum Gasteiger partial charge on any atom is 0.270 e. The minimum Gasteiger partial charge on any atom is -0.379 e. The first-order valence-corrected chi connectivity index (χ1v) is 11.3. The molecule has 1 saturated heterocycles. The molecule has 0 aliphatic carbocycles. The summed E-state index contributed by atoms with van der Waals surface area (Å²) in [4.78, 5) is 32.2. The Hall–Kier alpha value is -2.85. The summed E-state index contributed by atoms with van der Waals surface area (Å²) in [5.41, 5.74) is 1.34. The zero-order chi connectivity index (χ0) is 22.5. The SMILES string of the molecule is O=C(/C=C/c1cccc([N+](=O)[O-])c1)N(CCN1CCOCC1)c1nc2ccc(Cl)cc2s1. The quantitative estimate of drug-likeness (QED) is 0.290. The van der Waals surface area contributed by atoms with Gasteiger partial charge in [-0.15, -0.1) is 0 Å². The maximum absolute atomic E-state index is 13.2. The van der Waals surface area contributed by atoms with Crippen molar-refractivity contribution in [2.75, 3.05) is 44.3 Å². The van der Waals surface area contributed by atoms with Crippen LogP contribution >= 0.6 is 22.9 Å². The number of carbonyl (C=O) groups excluding carboxylic acids is 1. The van der Waals surface area contributed by atoms with E-state index in [0.29, 0.717) is 42.0 Å². The van der Waals surface area contributed by atoms with Gasteiger partial charge in [0, 0.05) is 49.4 Å². The summed E-state index contributed by atoms with van der Waals surface area (Å²) < 4.78 is 6.30. The molecule has 0 saturated carbocycles. The fourth-order valence-corrected chi connectivity index (χ4v) is 4.64. The molecule has 2 aromatic carbocycles. The number of nitrogens with zero attached hydrogens (tertiary/aromatic N) is 4. The Balaban J connectivity index is 1.57. The summed E-state index contributed by atoms with van der Waals surface area (Å²) >= 11 is 7.51. The van der Waals surface area contributed by atoms with E-state index in [-0.39, 0.29) is 11.6 Å². The van der Waals surface area contributed by atoms with Crippen LogP contribution in [0.3, 0.4) is 0 Å². The van der Waals surface area contributed by atoms with Crippen LogP contribution in [-0.2, 0) is 9.53 Å². The Labute approximate surface area is 193 Å². The maximum atomic E-state index is 13.2. The Morgan fingerprint density at radius 1 is 1.28 bits per heavy atom. The average Bonchev–Trinajstić information content (AvgIpc) is 3.21. The number of halogens is 1. The fraction of sp³-hybridized carbons (Fsp3) is 0.273. The number of fused-ring (bicyclic) bond motifs is 1. The van der Waals surface area contributed by atoms with Crippen LogP contribution in [0.2, 0.25) is 5.02 Å². The van der Waals surface area contributed by atoms with Crippen molar-refractivity contribution in [3.63, 3.8) is 0 Å². The minimum atomic E-state index is -0.458. The molecule has 2 heterocycles. The third-order valence-electron chi connectivity index (χ3n) is 5.08. The molecule has 32 heavy (non-hydrogen) atoms. The van der Waals surface area contributed by atoms with E-state index < -0.39 is 4.92 Å². The second kappa shape index (κ2) is 10.2. The van der Waals surface area contributed by atoms with Crippen molar-refractivity contribution in [2.24, 2.45) is 0 Å². The summed E-state index contributed by atoms with van der Waals surface area (Å²) in [5.74, 6) is -0.241. The Kier molecular flexibility index (Phi) is 7.11. The molecule has 3 aromatic rings. The van der Waals surface area contributed by atoms with Gasteiger partial charge in [0.1, 0.15) is 0 Å². The van der Waals surface area contributed by atoms with Crippen LogP contribution in [0, 0.1) is 10.1 Å². The number of benzene rings is 2. The molecule has 0 bridgehead atoms. The topological polar surface area (TPSA) is 88.8 Å². The smallest absolute Gasteiger partial charge is 0.270 e. The van der Waals surface area contributed by atoms with Gasteiger partial charge in [-0.3, -0.25) is 24.7 Å². The molecule has 1 aromatic heterocycles. The number of amides is 1. The van der Waals surface area contributed by atoms with Gasteiger partial charge >= 0.3 is 0 Å². The van der Waals surface area contributed by atoms with Crippen molar-refractivity contribution in [1.29, 1.82) is 0 Å². The number of nitro benzene ring substituents is 1. The highest BCUT2D eigenvalue weighted by Gasteiger charge is 2.20. The molecule has 1 fully saturated rings. The van der Waals surface area contributed by atoms with Gasteiger partial charge in [0.15, 0.2) is 5.13 Å². The van der Waals surface area contributed by atoms with E-state index >= 15 is 0 Å². The number of rotatable bonds is 7. The average molecular weight is 473 g/mol. The van der Waals surface area contributed by atoms with Crippen LogP contribution in [0.15, 0.2) is 48.5 Å². The lowest BCUT2D eigenvalue weighted by Gasteiger charge is -2.28. The highest BCUT2D eigenvalue weighted by molar-refractivity contribution is 7.22. The van der Waals surface area contributed by atoms with Gasteiger partial charge in [-0.25, -0.2) is 4.98 Å². The van der Waals surface area contributed by atoms with E-state index in [1.165, 1.54) is 29.5 Å². The van der Waals surface area contributed by atoms with E-state index in [2.05, 4.69) is 9.88 Å². The van der Waals surface area contributed by atoms with Crippen LogP contribution in [0.4, 0.5) is 10.8 Å². The first-order valence-electron chi connectivity index (χ1n) is 10.1. The van der Waals surface area contributed by atoms with Gasteiger partial charge in [0.05, 0.1) is 28.4 Å². The first-order chi connectivity index (χ1) is 15.5. The number of ether oxygens (including phenoxy) is 1. The van der Waals surface area contributed by atoms with Crippen molar-refractivity contribution in [3.8, 4) is 0 Å². The lowest BCUT2D eigenvalue weighted by molar-refractivity contribution is -0.384. The van der Waals surface area contributed by atoms with Crippen molar-refractivity contribution in [1.82, 2.24) is 9.88 Å². The minimum absolute atomic E-state index is 0.0215. The summed E-state index contributed by atoms with van der Waals surface area (Å²) in [7, 11) is 0. The van der Waals surface area contributed by atoms with E-state index in [0.717, 1.165) is 23.3 Å². The lowest BCUT2D eigenvalue weighted by Crippen LogP contribution is -2.42. The van der Waals surface area contributed by atoms with Crippen LogP contribution in [-0.4, -0.2) is 60.1 Å². The third-order valence-corrected chi connectivity index (χ3v) is 6.36. The highest BCUT2D eigenvalue weighted by atomic mass is 35.5. The van der Waals surface area contributed by atoms with Crippen molar-refractivity contribution >= 4 is 56.0 Å². The summed E-state index contributed by atoms with van der Waals surface area (Å²) in [6.45, 7) is 4.16. The Morgan fingerprint density at radius 3 is 2.88 bits per heavy atom. The van der Waals surface area contributed by atoms with Gasteiger partial charge in [-0.1, -0.05) is 35.1 Å². The summed E-state index contributed by atoms with van der Waals surface area (Å²) in [6, 6.07) is 11.6. The molecular formula is C22H21ClN4O4S. The molecular weight excluding hydrogens is 452 g/mol. The molecule has 1 aliphatic heterocycles. The van der Waals surface area contributed by atoms with Crippen LogP contribution in [0.5, 0.6) is 0 Å².